The highest BCUT2D eigenvalue weighted by Crippen LogP contribution is 2.39. The summed E-state index contributed by atoms with van der Waals surface area (Å²) in [5, 5.41) is 5.55. The molecule has 14 heteroatoms. The van der Waals surface area contributed by atoms with E-state index in [1.807, 2.05) is 6.07 Å². The van der Waals surface area contributed by atoms with Crippen LogP contribution in [0.25, 0.3) is 0 Å². The Balaban J connectivity index is 1.76. The van der Waals surface area contributed by atoms with Crippen LogP contribution in [0.2, 0.25) is 5.02 Å². The Bertz CT molecular complexity index is 2040. The number of rotatable bonds is 18. The lowest BCUT2D eigenvalue weighted by Crippen LogP contribution is -2.45. The highest BCUT2D eigenvalue weighted by atomic mass is 35.5. The maximum atomic E-state index is 13.8. The lowest BCUT2D eigenvalue weighted by Gasteiger charge is -2.30. The average molecular weight is 814 g/mol. The number of carbonyl (C=O) groups is 4. The van der Waals surface area contributed by atoms with Gasteiger partial charge in [-0.2, -0.15) is 0 Å². The van der Waals surface area contributed by atoms with Gasteiger partial charge in [0.2, 0.25) is 22.0 Å². The Morgan fingerprint density at radius 2 is 1.45 bits per heavy atom. The molecule has 0 aliphatic carbocycles. The zero-order chi connectivity index (χ0) is 42.2. The molecule has 56 heavy (non-hydrogen) atoms. The van der Waals surface area contributed by atoms with E-state index in [4.69, 9.17) is 25.8 Å². The number of methoxy groups -OCH3 is 1. The van der Waals surface area contributed by atoms with Gasteiger partial charge in [-0.25, -0.2) is 13.2 Å². The third kappa shape index (κ3) is 12.4. The van der Waals surface area contributed by atoms with Crippen molar-refractivity contribution in [3.63, 3.8) is 0 Å². The highest BCUT2D eigenvalue weighted by molar-refractivity contribution is 7.92. The van der Waals surface area contributed by atoms with E-state index in [9.17, 15) is 27.6 Å². The Kier molecular flexibility index (Phi) is 15.2. The van der Waals surface area contributed by atoms with E-state index in [0.29, 0.717) is 18.7 Å². The molecule has 3 aromatic rings. The third-order valence-corrected chi connectivity index (χ3v) is 10.6. The fourth-order valence-corrected chi connectivity index (χ4v) is 6.16. The largest absolute Gasteiger partial charge is 0.493 e. The van der Waals surface area contributed by atoms with Gasteiger partial charge in [-0.3, -0.25) is 19.1 Å². The van der Waals surface area contributed by atoms with Crippen molar-refractivity contribution in [1.82, 2.24) is 0 Å². The summed E-state index contributed by atoms with van der Waals surface area (Å²) in [5.41, 5.74) is 1.48. The minimum absolute atomic E-state index is 0.00114. The predicted octanol–water partition coefficient (Wildman–Crippen LogP) is 8.67. The maximum absolute atomic E-state index is 13.8. The molecule has 0 fully saturated rings. The van der Waals surface area contributed by atoms with Crippen LogP contribution in [0.3, 0.4) is 0 Å². The van der Waals surface area contributed by atoms with Crippen molar-refractivity contribution in [2.24, 2.45) is 5.41 Å². The van der Waals surface area contributed by atoms with E-state index in [0.717, 1.165) is 37.5 Å². The lowest BCUT2D eigenvalue weighted by atomic mass is 9.76. The van der Waals surface area contributed by atoms with E-state index in [1.54, 1.807) is 26.8 Å². The zero-order valence-corrected chi connectivity index (χ0v) is 35.8. The quantitative estimate of drug-likeness (QED) is 0.0647. The number of halogens is 1. The van der Waals surface area contributed by atoms with E-state index in [2.05, 4.69) is 69.0 Å². The van der Waals surface area contributed by atoms with Gasteiger partial charge in [0, 0.05) is 23.1 Å². The van der Waals surface area contributed by atoms with Gasteiger partial charge in [0.15, 0.2) is 5.78 Å². The third-order valence-electron chi connectivity index (χ3n) is 9.73. The molecule has 0 radical (unpaired) electrons. The highest BCUT2D eigenvalue weighted by Gasteiger charge is 2.38. The Hall–Kier alpha value is -4.62. The molecule has 306 valence electrons. The van der Waals surface area contributed by atoms with Crippen molar-refractivity contribution in [3.8, 4) is 11.5 Å². The molecule has 1 unspecified atom stereocenters. The van der Waals surface area contributed by atoms with Crippen LogP contribution in [-0.2, 0) is 40.0 Å². The second-order valence-electron chi connectivity index (χ2n) is 16.1. The second kappa shape index (κ2) is 18.5. The first-order valence-electron chi connectivity index (χ1n) is 18.5. The molecule has 0 saturated heterocycles. The van der Waals surface area contributed by atoms with Crippen LogP contribution in [-0.4, -0.2) is 58.1 Å². The molecule has 0 spiro atoms. The van der Waals surface area contributed by atoms with E-state index < -0.39 is 39.2 Å². The van der Waals surface area contributed by atoms with Crippen LogP contribution in [0, 0.1) is 5.41 Å². The Morgan fingerprint density at radius 1 is 0.804 bits per heavy atom. The minimum atomic E-state index is -3.88. The number of hydrogen-bond acceptors (Lipinski definition) is 9. The predicted molar refractivity (Wildman–Crippen MR) is 222 cm³/mol. The summed E-state index contributed by atoms with van der Waals surface area (Å²) in [6.07, 6.45) is 1.65. The van der Waals surface area contributed by atoms with Crippen molar-refractivity contribution >= 4 is 62.3 Å². The summed E-state index contributed by atoms with van der Waals surface area (Å²) in [7, 11) is -2.72. The molecule has 3 rings (SSSR count). The first kappa shape index (κ1) is 45.8. The van der Waals surface area contributed by atoms with Crippen molar-refractivity contribution in [2.75, 3.05) is 35.3 Å². The number of sulfonamides is 1. The number of Topliss-reactive ketones (excluding diaryl/α,β-unsaturated/α-hetero) is 1. The number of hydrogen-bond donors (Lipinski definition) is 3. The number of esters is 1. The molecular formula is C42H56ClN3O9S. The van der Waals surface area contributed by atoms with Gasteiger partial charge in [-0.1, -0.05) is 86.0 Å². The van der Waals surface area contributed by atoms with Crippen LogP contribution in [0.15, 0.2) is 54.6 Å². The second-order valence-corrected chi connectivity index (χ2v) is 18.2. The summed E-state index contributed by atoms with van der Waals surface area (Å²) >= 11 is 6.44. The van der Waals surface area contributed by atoms with Crippen LogP contribution in [0.4, 0.5) is 17.1 Å². The molecule has 1 atom stereocenters. The number of amides is 2. The molecule has 0 heterocycles. The number of benzene rings is 3. The van der Waals surface area contributed by atoms with E-state index in [1.165, 1.54) is 35.9 Å². The molecular weight excluding hydrogens is 758 g/mol. The molecule has 2 amide bonds. The van der Waals surface area contributed by atoms with Gasteiger partial charge in [0.1, 0.15) is 11.5 Å². The van der Waals surface area contributed by atoms with Crippen molar-refractivity contribution in [2.45, 2.75) is 105 Å². The molecule has 12 nitrogen and oxygen atoms in total. The fraction of sp³-hybridized carbons (Fsp3) is 0.476. The van der Waals surface area contributed by atoms with Crippen LogP contribution in [0.5, 0.6) is 11.5 Å². The van der Waals surface area contributed by atoms with Gasteiger partial charge in [0.25, 0.3) is 5.91 Å². The molecule has 3 N–H and O–H groups in total. The summed E-state index contributed by atoms with van der Waals surface area (Å²) in [5.74, 6) is -1.96. The number of nitrogens with one attached hydrogen (secondary N) is 3. The fourth-order valence-electron chi connectivity index (χ4n) is 5.44. The first-order chi connectivity index (χ1) is 25.9. The standard InChI is InChI=1S/C42H56ClN3O9S/c1-12-41(6,7)27-17-21-33(29(24-27)42(8,9)13-2)54-22-14-15-35(47)44-28-18-19-30(43)31(25-28)45-38(49)36(37(48)40(3,4)5)55-34-20-16-26(39(50)53-10)23-32(34)46-56(11,51)52/h16-21,23-25,36,46H,12-15,22H2,1-11H3,(H,44,47)(H,45,49). The first-order valence-corrected chi connectivity index (χ1v) is 20.8. The smallest absolute Gasteiger partial charge is 0.337 e. The lowest BCUT2D eigenvalue weighted by molar-refractivity contribution is -0.140. The van der Waals surface area contributed by atoms with Crippen molar-refractivity contribution in [3.05, 3.63) is 76.3 Å². The summed E-state index contributed by atoms with van der Waals surface area (Å²) < 4.78 is 43.4. The molecule has 0 bridgehead atoms. The monoisotopic (exact) mass is 813 g/mol. The summed E-state index contributed by atoms with van der Waals surface area (Å²) in [6.45, 7) is 18.3. The van der Waals surface area contributed by atoms with Gasteiger partial charge in [0.05, 0.1) is 41.9 Å². The number of ether oxygens (including phenoxy) is 3. The number of carbonyl (C=O) groups excluding carboxylic acids is 4. The van der Waals surface area contributed by atoms with Crippen LogP contribution in [0.1, 0.15) is 109 Å². The summed E-state index contributed by atoms with van der Waals surface area (Å²) in [6, 6.07) is 14.6. The summed E-state index contributed by atoms with van der Waals surface area (Å²) in [4.78, 5) is 52.5. The topological polar surface area (TPSA) is 166 Å². The normalized spacial score (nSPS) is 12.6. The Labute approximate surface area is 336 Å². The maximum Gasteiger partial charge on any atom is 0.337 e. The van der Waals surface area contributed by atoms with E-state index in [-0.39, 0.29) is 50.9 Å². The van der Waals surface area contributed by atoms with Crippen molar-refractivity contribution in [1.29, 1.82) is 0 Å². The molecule has 0 saturated carbocycles. The molecule has 0 aromatic heterocycles. The number of anilines is 3. The zero-order valence-electron chi connectivity index (χ0n) is 34.3. The molecule has 3 aromatic carbocycles. The van der Waals surface area contributed by atoms with Gasteiger partial charge < -0.3 is 24.8 Å². The minimum Gasteiger partial charge on any atom is -0.493 e. The van der Waals surface area contributed by atoms with Crippen LogP contribution >= 0.6 is 11.6 Å². The van der Waals surface area contributed by atoms with Crippen molar-refractivity contribution < 1.29 is 41.8 Å². The van der Waals surface area contributed by atoms with Crippen LogP contribution < -0.4 is 24.8 Å². The van der Waals surface area contributed by atoms with Gasteiger partial charge >= 0.3 is 5.97 Å². The SMILES string of the molecule is CCC(C)(C)c1ccc(OCCCC(=O)Nc2ccc(Cl)c(NC(=O)C(Oc3ccc(C(=O)OC)cc3NS(C)(=O)=O)C(=O)C(C)(C)C)c2)c(C(C)(C)CC)c1. The molecule has 0 aliphatic rings. The van der Waals surface area contributed by atoms with E-state index >= 15 is 0 Å². The average Bonchev–Trinajstić information content (AvgIpc) is 3.12. The molecule has 0 aliphatic heterocycles. The number of ketones is 1. The Morgan fingerprint density at radius 3 is 2.04 bits per heavy atom. The van der Waals surface area contributed by atoms with Gasteiger partial charge in [-0.05, 0) is 78.1 Å². The van der Waals surface area contributed by atoms with Gasteiger partial charge in [-0.15, -0.1) is 0 Å².